The van der Waals surface area contributed by atoms with E-state index in [2.05, 4.69) is 180 Å². The first kappa shape index (κ1) is 39.4. The fraction of sp³-hybridized carbons (Fsp3) is 0.108. The summed E-state index contributed by atoms with van der Waals surface area (Å²) in [5, 5.41) is 4.21. The summed E-state index contributed by atoms with van der Waals surface area (Å²) in [5.41, 5.74) is 17.6. The van der Waals surface area contributed by atoms with Crippen LogP contribution in [0, 0.1) is 0 Å². The van der Waals surface area contributed by atoms with Crippen LogP contribution >= 0.6 is 11.8 Å². The van der Waals surface area contributed by atoms with Crippen molar-refractivity contribution in [1.82, 2.24) is 4.57 Å². The van der Waals surface area contributed by atoms with Gasteiger partial charge in [-0.05, 0) is 111 Å². The lowest BCUT2D eigenvalue weighted by atomic mass is 9.34. The van der Waals surface area contributed by atoms with Gasteiger partial charge in [-0.3, -0.25) is 0 Å². The minimum absolute atomic E-state index is 0.0420. The van der Waals surface area contributed by atoms with Gasteiger partial charge in [-0.2, -0.15) is 0 Å². The number of fused-ring (bicyclic) bond motifs is 13. The fourth-order valence-electron chi connectivity index (χ4n) is 12.7. The third kappa shape index (κ3) is 7.04. The fourth-order valence-corrected chi connectivity index (χ4v) is 13.9. The van der Waals surface area contributed by atoms with Gasteiger partial charge in [-0.1, -0.05) is 216 Å². The summed E-state index contributed by atoms with van der Waals surface area (Å²) in [5.74, 6) is 0. The molecule has 0 aliphatic carbocycles. The van der Waals surface area contributed by atoms with Gasteiger partial charge < -0.3 is 18.3 Å². The van der Waals surface area contributed by atoms with Gasteiger partial charge in [-0.15, -0.1) is 0 Å². The first-order chi connectivity index (χ1) is 42.3. The highest BCUT2D eigenvalue weighted by Crippen LogP contribution is 2.54. The number of nitrogens with zero attached hydrogens (tertiary/aromatic N) is 2. The van der Waals surface area contributed by atoms with Crippen LogP contribution in [0.2, 0.25) is 0 Å². The Kier molecular flexibility index (Phi) is 8.50. The molecule has 0 atom stereocenters. The van der Waals surface area contributed by atoms with E-state index >= 15 is 0 Å². The van der Waals surface area contributed by atoms with E-state index in [9.17, 15) is 5.48 Å². The smallest absolute Gasteiger partial charge is 0.249 e. The van der Waals surface area contributed by atoms with Crippen LogP contribution in [0.3, 0.4) is 0 Å². The summed E-state index contributed by atoms with van der Waals surface area (Å²) in [7, 11) is 0. The lowest BCUT2D eigenvalue weighted by Crippen LogP contribution is -2.60. The van der Waals surface area contributed by atoms with Crippen molar-refractivity contribution in [3.8, 4) is 39.1 Å². The average molecular weight is 1060 g/mol. The number of rotatable bonds is 5. The second-order valence-electron chi connectivity index (χ2n) is 23.4. The number of hydrogen-bond acceptors (Lipinski definition) is 4. The van der Waals surface area contributed by atoms with Gasteiger partial charge in [-0.25, -0.2) is 0 Å². The van der Waals surface area contributed by atoms with Gasteiger partial charge in [0.05, 0.1) is 27.7 Å². The molecule has 2 aliphatic rings. The third-order valence-electron chi connectivity index (χ3n) is 16.6. The number of furan rings is 2. The van der Waals surface area contributed by atoms with E-state index in [1.165, 1.54) is 0 Å². The molecule has 3 aromatic heterocycles. The maximum absolute atomic E-state index is 9.38. The maximum Gasteiger partial charge on any atom is 0.249 e. The molecule has 0 spiro atoms. The van der Waals surface area contributed by atoms with Crippen molar-refractivity contribution >= 4 is 118 Å². The summed E-state index contributed by atoms with van der Waals surface area (Å²) in [6.45, 7) is 13.2. The zero-order valence-corrected chi connectivity index (χ0v) is 45.8. The first-order valence-corrected chi connectivity index (χ1v) is 28.1. The largest absolute Gasteiger partial charge is 0.455 e. The van der Waals surface area contributed by atoms with E-state index in [4.69, 9.17) is 14.3 Å². The summed E-state index contributed by atoms with van der Waals surface area (Å²) in [6.07, 6.45) is 0. The van der Waals surface area contributed by atoms with Crippen LogP contribution in [0.15, 0.2) is 243 Å². The first-order valence-electron chi connectivity index (χ1n) is 31.3. The molecule has 0 N–H and O–H groups in total. The van der Waals surface area contributed by atoms with Crippen LogP contribution in [-0.2, 0) is 10.8 Å². The molecule has 14 aromatic rings. The van der Waals surface area contributed by atoms with Crippen molar-refractivity contribution in [2.24, 2.45) is 0 Å². The molecule has 2 aliphatic heterocycles. The average Bonchev–Trinajstić information content (AvgIpc) is 0.880. The number of aromatic nitrogens is 1. The minimum atomic E-state index is -0.477. The normalized spacial score (nSPS) is 14.7. The zero-order valence-electron chi connectivity index (χ0n) is 52.9. The second-order valence-corrected chi connectivity index (χ2v) is 24.5. The SMILES string of the molecule is [2H]c1c([2H])c([2H])c2c(c1[2H])c1c([2H])c([2H])c([2H])c([2H])c1n2-c1ccc2c(c1)Sc1cc(C(C)(C)C)cc3c1B2c1cc(-c2ccccc2)ccc1N3c1c(-c2cccc3c2oc2ccccc23)cc(C(C)(C)C)cc1-c1cccc2c1oc1ccccc12. The van der Waals surface area contributed by atoms with Gasteiger partial charge in [0.15, 0.2) is 0 Å². The minimum Gasteiger partial charge on any atom is -0.455 e. The predicted molar refractivity (Wildman–Crippen MR) is 339 cm³/mol. The van der Waals surface area contributed by atoms with E-state index in [-0.39, 0.29) is 63.5 Å². The number of para-hydroxylation sites is 6. The van der Waals surface area contributed by atoms with Crippen LogP contribution in [0.1, 0.15) is 63.6 Å². The Bertz CT molecular complexity index is 5190. The Labute approximate surface area is 481 Å². The van der Waals surface area contributed by atoms with Crippen molar-refractivity contribution in [1.29, 1.82) is 0 Å². The summed E-state index contributed by atoms with van der Waals surface area (Å²) in [4.78, 5) is 4.46. The molecule has 0 unspecified atom stereocenters. The van der Waals surface area contributed by atoms with Gasteiger partial charge in [0.1, 0.15) is 22.3 Å². The Morgan fingerprint density at radius 1 is 0.438 bits per heavy atom. The van der Waals surface area contributed by atoms with Crippen LogP contribution in [0.4, 0.5) is 17.1 Å². The molecule has 0 bridgehead atoms. The molecule has 0 amide bonds. The van der Waals surface area contributed by atoms with Crippen molar-refractivity contribution in [3.05, 3.63) is 235 Å². The highest BCUT2D eigenvalue weighted by molar-refractivity contribution is 8.00. The third-order valence-corrected chi connectivity index (χ3v) is 17.7. The highest BCUT2D eigenvalue weighted by atomic mass is 32.2. The van der Waals surface area contributed by atoms with Gasteiger partial charge in [0, 0.05) is 81.4 Å². The molecule has 382 valence electrons. The van der Waals surface area contributed by atoms with E-state index in [0.29, 0.717) is 5.69 Å². The molecule has 0 radical (unpaired) electrons. The number of hydrogen-bond donors (Lipinski definition) is 0. The summed E-state index contributed by atoms with van der Waals surface area (Å²) >= 11 is 1.64. The summed E-state index contributed by atoms with van der Waals surface area (Å²) < 4.78 is 88.1. The Morgan fingerprint density at radius 2 is 1.00 bits per heavy atom. The summed E-state index contributed by atoms with van der Waals surface area (Å²) in [6, 6.07) is 59.1. The van der Waals surface area contributed by atoms with E-state index in [0.717, 1.165) is 132 Å². The van der Waals surface area contributed by atoms with Gasteiger partial charge in [0.2, 0.25) is 6.71 Å². The Morgan fingerprint density at radius 3 is 1.61 bits per heavy atom. The molecule has 11 aromatic carbocycles. The second kappa shape index (κ2) is 17.3. The molecular formula is C74H55BN2O2S. The maximum atomic E-state index is 9.38. The molecular weight excluding hydrogens is 992 g/mol. The number of anilines is 3. The molecule has 4 nitrogen and oxygen atoms in total. The quantitative estimate of drug-likeness (QED) is 0.161. The van der Waals surface area contributed by atoms with E-state index in [1.54, 1.807) is 16.3 Å². The monoisotopic (exact) mass is 1050 g/mol. The van der Waals surface area contributed by atoms with Gasteiger partial charge >= 0.3 is 0 Å². The van der Waals surface area contributed by atoms with E-state index < -0.39 is 24.2 Å². The van der Waals surface area contributed by atoms with Crippen LogP contribution in [0.25, 0.3) is 105 Å². The highest BCUT2D eigenvalue weighted by Gasteiger charge is 2.44. The molecule has 0 saturated carbocycles. The Balaban J connectivity index is 1.03. The van der Waals surface area contributed by atoms with Crippen LogP contribution in [0.5, 0.6) is 0 Å². The molecule has 0 fully saturated rings. The van der Waals surface area contributed by atoms with E-state index in [1.807, 2.05) is 42.5 Å². The van der Waals surface area contributed by atoms with Gasteiger partial charge in [0.25, 0.3) is 0 Å². The van der Waals surface area contributed by atoms with Crippen LogP contribution in [-0.4, -0.2) is 11.3 Å². The lowest BCUT2D eigenvalue weighted by molar-refractivity contribution is 0.589. The number of benzene rings is 11. The molecule has 6 heteroatoms. The molecule has 5 heterocycles. The van der Waals surface area contributed by atoms with Crippen molar-refractivity contribution in [2.45, 2.75) is 62.2 Å². The van der Waals surface area contributed by atoms with Crippen molar-refractivity contribution < 1.29 is 19.8 Å². The van der Waals surface area contributed by atoms with Crippen LogP contribution < -0.4 is 21.3 Å². The standard InChI is InChI=1S/C74H55BN2O2S/c1-73(2,3)46-39-57(55-28-18-26-53-51-24-12-16-32-65(51)78-71(53)55)70(58(40-46)56-29-19-27-54-52-25-13-17-33-66(52)79-72(54)56)77-63-37-34-45(44-20-8-7-9-21-44)38-60(63)75-59-36-35-48(76-61-30-14-10-22-49(61)50-23-11-15-31-62(50)76)43-67(59)80-68-42-47(74(4,5)6)41-64(77)69(68)75/h7-43H,1-6H3/i10D,11D,14D,15D,22D,23D,30D,31D. The topological polar surface area (TPSA) is 34.5 Å². The molecule has 80 heavy (non-hydrogen) atoms. The zero-order chi connectivity index (χ0) is 60.7. The lowest BCUT2D eigenvalue weighted by Gasteiger charge is -2.43. The van der Waals surface area contributed by atoms with Crippen molar-refractivity contribution in [2.75, 3.05) is 4.90 Å². The predicted octanol–water partition coefficient (Wildman–Crippen LogP) is 18.9. The van der Waals surface area contributed by atoms with Crippen molar-refractivity contribution in [3.63, 3.8) is 0 Å². The molecule has 0 saturated heterocycles. The molecule has 16 rings (SSSR count). The Hall–Kier alpha value is -8.97.